The predicted octanol–water partition coefficient (Wildman–Crippen LogP) is 0.362. The minimum Gasteiger partial charge on any atom is -0.480 e. The molecule has 0 radical (unpaired) electrons. The molecule has 0 bridgehead atoms. The first-order chi connectivity index (χ1) is 6.24. The monoisotopic (exact) mass is 183 g/mol. The van der Waals surface area contributed by atoms with Crippen molar-refractivity contribution in [1.29, 1.82) is 0 Å². The van der Waals surface area contributed by atoms with Gasteiger partial charge in [0.1, 0.15) is 6.04 Å². The van der Waals surface area contributed by atoms with Crippen molar-refractivity contribution >= 4 is 5.97 Å². The van der Waals surface area contributed by atoms with Gasteiger partial charge in [-0.15, -0.1) is 0 Å². The van der Waals surface area contributed by atoms with Crippen LogP contribution < -0.4 is 5.32 Å². The van der Waals surface area contributed by atoms with Gasteiger partial charge in [0.25, 0.3) is 0 Å². The van der Waals surface area contributed by atoms with Crippen molar-refractivity contribution in [2.24, 2.45) is 0 Å². The summed E-state index contributed by atoms with van der Waals surface area (Å²) in [7, 11) is 0. The van der Waals surface area contributed by atoms with E-state index in [2.05, 4.69) is 15.3 Å². The van der Waals surface area contributed by atoms with Gasteiger partial charge < -0.3 is 10.1 Å². The Labute approximate surface area is 76.2 Å². The Morgan fingerprint density at radius 2 is 2.62 bits per heavy atom. The maximum absolute atomic E-state index is 10.6. The second kappa shape index (κ2) is 4.61. The molecule has 0 spiro atoms. The van der Waals surface area contributed by atoms with E-state index in [1.807, 2.05) is 6.92 Å². The highest BCUT2D eigenvalue weighted by Crippen LogP contribution is 1.95. The number of aromatic amines is 1. The summed E-state index contributed by atoms with van der Waals surface area (Å²) < 4.78 is 0. The number of hydrogen-bond acceptors (Lipinski definition) is 3. The Hall–Kier alpha value is -1.36. The third kappa shape index (κ3) is 2.87. The Morgan fingerprint density at radius 3 is 3.08 bits per heavy atom. The molecule has 5 heteroatoms. The number of aliphatic carboxylic acids is 1. The Morgan fingerprint density at radius 1 is 1.85 bits per heavy atom. The van der Waals surface area contributed by atoms with Gasteiger partial charge >= 0.3 is 5.97 Å². The van der Waals surface area contributed by atoms with E-state index in [4.69, 9.17) is 5.11 Å². The van der Waals surface area contributed by atoms with Crippen LogP contribution in [0.3, 0.4) is 0 Å². The molecular formula is C8H13N3O2. The number of rotatable bonds is 5. The normalized spacial score (nSPS) is 12.7. The summed E-state index contributed by atoms with van der Waals surface area (Å²) in [4.78, 5) is 17.3. The number of nitrogens with zero attached hydrogens (tertiary/aromatic N) is 1. The van der Waals surface area contributed by atoms with Crippen LogP contribution >= 0.6 is 0 Å². The first-order valence-corrected chi connectivity index (χ1v) is 4.17. The van der Waals surface area contributed by atoms with Crippen LogP contribution in [0.5, 0.6) is 0 Å². The lowest BCUT2D eigenvalue weighted by atomic mass is 10.2. The molecule has 1 heterocycles. The number of aromatic nitrogens is 2. The summed E-state index contributed by atoms with van der Waals surface area (Å²) >= 11 is 0. The SMILES string of the molecule is CCC(NCc1cnc[nH]1)C(=O)O. The maximum Gasteiger partial charge on any atom is 0.320 e. The highest BCUT2D eigenvalue weighted by atomic mass is 16.4. The summed E-state index contributed by atoms with van der Waals surface area (Å²) in [6, 6.07) is -0.483. The van der Waals surface area contributed by atoms with E-state index in [9.17, 15) is 4.79 Å². The number of carboxylic acids is 1. The topological polar surface area (TPSA) is 78.0 Å². The van der Waals surface area contributed by atoms with Gasteiger partial charge in [0.05, 0.1) is 6.33 Å². The number of H-pyrrole nitrogens is 1. The molecule has 5 nitrogen and oxygen atoms in total. The van der Waals surface area contributed by atoms with Gasteiger partial charge in [0, 0.05) is 18.4 Å². The molecule has 1 aromatic rings. The third-order valence-corrected chi connectivity index (χ3v) is 1.80. The molecule has 13 heavy (non-hydrogen) atoms. The molecule has 0 aliphatic carbocycles. The first-order valence-electron chi connectivity index (χ1n) is 4.17. The first kappa shape index (κ1) is 9.73. The van der Waals surface area contributed by atoms with Crippen LogP contribution in [0.2, 0.25) is 0 Å². The number of imidazole rings is 1. The lowest BCUT2D eigenvalue weighted by molar-refractivity contribution is -0.139. The second-order valence-electron chi connectivity index (χ2n) is 2.76. The Kier molecular flexibility index (Phi) is 3.45. The number of carboxylic acid groups (broad SMARTS) is 1. The van der Waals surface area contributed by atoms with Crippen molar-refractivity contribution in [1.82, 2.24) is 15.3 Å². The lowest BCUT2D eigenvalue weighted by Crippen LogP contribution is -2.35. The zero-order valence-electron chi connectivity index (χ0n) is 7.45. The average Bonchev–Trinajstić information content (AvgIpc) is 2.57. The summed E-state index contributed by atoms with van der Waals surface area (Å²) in [6.07, 6.45) is 3.81. The van der Waals surface area contributed by atoms with Crippen LogP contribution in [0.1, 0.15) is 19.0 Å². The highest BCUT2D eigenvalue weighted by molar-refractivity contribution is 5.73. The molecule has 0 amide bonds. The molecule has 0 saturated heterocycles. The van der Waals surface area contributed by atoms with Crippen LogP contribution in [0, 0.1) is 0 Å². The second-order valence-corrected chi connectivity index (χ2v) is 2.76. The van der Waals surface area contributed by atoms with Gasteiger partial charge in [0.2, 0.25) is 0 Å². The largest absolute Gasteiger partial charge is 0.480 e. The van der Waals surface area contributed by atoms with Gasteiger partial charge in [0.15, 0.2) is 0 Å². The summed E-state index contributed by atoms with van der Waals surface area (Å²) in [5, 5.41) is 11.6. The van der Waals surface area contributed by atoms with Crippen molar-refractivity contribution in [3.05, 3.63) is 18.2 Å². The van der Waals surface area contributed by atoms with Crippen molar-refractivity contribution in [3.8, 4) is 0 Å². The molecule has 3 N–H and O–H groups in total. The van der Waals surface area contributed by atoms with Gasteiger partial charge in [-0.3, -0.25) is 10.1 Å². The van der Waals surface area contributed by atoms with E-state index in [-0.39, 0.29) is 0 Å². The van der Waals surface area contributed by atoms with E-state index in [0.29, 0.717) is 13.0 Å². The number of nitrogens with one attached hydrogen (secondary N) is 2. The Balaban J connectivity index is 2.36. The molecule has 1 aromatic heterocycles. The van der Waals surface area contributed by atoms with Crippen molar-refractivity contribution < 1.29 is 9.90 Å². The smallest absolute Gasteiger partial charge is 0.320 e. The minimum absolute atomic E-state index is 0.483. The van der Waals surface area contributed by atoms with Crippen LogP contribution in [-0.2, 0) is 11.3 Å². The maximum atomic E-state index is 10.6. The van der Waals surface area contributed by atoms with E-state index >= 15 is 0 Å². The minimum atomic E-state index is -0.818. The van der Waals surface area contributed by atoms with Crippen molar-refractivity contribution in [2.75, 3.05) is 0 Å². The van der Waals surface area contributed by atoms with Crippen LogP contribution in [0.4, 0.5) is 0 Å². The molecule has 1 atom stereocenters. The molecule has 0 fully saturated rings. The fourth-order valence-corrected chi connectivity index (χ4v) is 1.02. The summed E-state index contributed by atoms with van der Waals surface area (Å²) in [5.41, 5.74) is 0.889. The zero-order valence-corrected chi connectivity index (χ0v) is 7.45. The number of carbonyl (C=O) groups is 1. The van der Waals surface area contributed by atoms with Gasteiger partial charge in [-0.1, -0.05) is 6.92 Å². The van der Waals surface area contributed by atoms with Crippen LogP contribution in [0.15, 0.2) is 12.5 Å². The van der Waals surface area contributed by atoms with E-state index in [0.717, 1.165) is 5.69 Å². The van der Waals surface area contributed by atoms with Crippen LogP contribution in [-0.4, -0.2) is 27.1 Å². The molecule has 0 saturated carbocycles. The van der Waals surface area contributed by atoms with Gasteiger partial charge in [-0.05, 0) is 6.42 Å². The van der Waals surface area contributed by atoms with Crippen molar-refractivity contribution in [2.45, 2.75) is 25.9 Å². The standard InChI is InChI=1S/C8H13N3O2/c1-2-7(8(12)13)10-4-6-3-9-5-11-6/h3,5,7,10H,2,4H2,1H3,(H,9,11)(H,12,13). The molecule has 0 aliphatic rings. The van der Waals surface area contributed by atoms with Crippen LogP contribution in [0.25, 0.3) is 0 Å². The van der Waals surface area contributed by atoms with Crippen molar-refractivity contribution in [3.63, 3.8) is 0 Å². The van der Waals surface area contributed by atoms with E-state index in [1.54, 1.807) is 12.5 Å². The van der Waals surface area contributed by atoms with Gasteiger partial charge in [-0.2, -0.15) is 0 Å². The highest BCUT2D eigenvalue weighted by Gasteiger charge is 2.13. The number of hydrogen-bond donors (Lipinski definition) is 3. The molecule has 0 aliphatic heterocycles. The fraction of sp³-hybridized carbons (Fsp3) is 0.500. The van der Waals surface area contributed by atoms with Gasteiger partial charge in [-0.25, -0.2) is 4.98 Å². The molecular weight excluding hydrogens is 170 g/mol. The fourth-order valence-electron chi connectivity index (χ4n) is 1.02. The predicted molar refractivity (Wildman–Crippen MR) is 47.1 cm³/mol. The van der Waals surface area contributed by atoms with E-state index in [1.165, 1.54) is 0 Å². The quantitative estimate of drug-likeness (QED) is 0.616. The average molecular weight is 183 g/mol. The molecule has 1 rings (SSSR count). The summed E-state index contributed by atoms with van der Waals surface area (Å²) in [6.45, 7) is 2.34. The third-order valence-electron chi connectivity index (χ3n) is 1.80. The lowest BCUT2D eigenvalue weighted by Gasteiger charge is -2.10. The molecule has 1 unspecified atom stereocenters. The zero-order chi connectivity index (χ0) is 9.68. The summed E-state index contributed by atoms with van der Waals surface area (Å²) in [5.74, 6) is -0.818. The molecule has 72 valence electrons. The Bertz CT molecular complexity index is 258. The van der Waals surface area contributed by atoms with E-state index < -0.39 is 12.0 Å². The molecule has 0 aromatic carbocycles.